The van der Waals surface area contributed by atoms with Crippen molar-refractivity contribution in [1.29, 1.82) is 0 Å². The summed E-state index contributed by atoms with van der Waals surface area (Å²) in [6.07, 6.45) is 1.06. The lowest BCUT2D eigenvalue weighted by Gasteiger charge is -2.02. The molecule has 0 fully saturated rings. The van der Waals surface area contributed by atoms with Gasteiger partial charge in [-0.3, -0.25) is 0 Å². The fourth-order valence-corrected chi connectivity index (χ4v) is 2.59. The minimum Gasteiger partial charge on any atom is -0.496 e. The first-order valence-electron chi connectivity index (χ1n) is 4.60. The van der Waals surface area contributed by atoms with Crippen LogP contribution in [0, 0.1) is 0 Å². The van der Waals surface area contributed by atoms with E-state index in [0.717, 1.165) is 17.9 Å². The van der Waals surface area contributed by atoms with E-state index < -0.39 is 0 Å². The Morgan fingerprint density at radius 1 is 1.36 bits per heavy atom. The average Bonchev–Trinajstić information content (AvgIpc) is 2.59. The highest BCUT2D eigenvalue weighted by atomic mass is 32.1. The Hall–Kier alpha value is -1.22. The summed E-state index contributed by atoms with van der Waals surface area (Å²) in [5.74, 6) is 0.871. The molecule has 0 saturated carbocycles. The van der Waals surface area contributed by atoms with Crippen LogP contribution >= 0.6 is 11.3 Å². The van der Waals surface area contributed by atoms with Gasteiger partial charge in [0.2, 0.25) is 0 Å². The standard InChI is InChI=1S/C11H13NOS/c1-3-8-6-9-10(13-2)4-7(12)5-11(9)14-8/h4-6H,3,12H2,1-2H3. The number of nitrogen functional groups attached to an aromatic ring is 1. The zero-order valence-corrected chi connectivity index (χ0v) is 9.15. The van der Waals surface area contributed by atoms with Gasteiger partial charge in [0.05, 0.1) is 7.11 Å². The van der Waals surface area contributed by atoms with Crippen LogP contribution in [-0.4, -0.2) is 7.11 Å². The number of fused-ring (bicyclic) bond motifs is 1. The smallest absolute Gasteiger partial charge is 0.129 e. The van der Waals surface area contributed by atoms with E-state index in [0.29, 0.717) is 0 Å². The molecule has 2 rings (SSSR count). The fourth-order valence-electron chi connectivity index (χ4n) is 1.52. The number of rotatable bonds is 2. The van der Waals surface area contributed by atoms with Crippen LogP contribution in [0.5, 0.6) is 5.75 Å². The van der Waals surface area contributed by atoms with Gasteiger partial charge in [0.1, 0.15) is 5.75 Å². The van der Waals surface area contributed by atoms with E-state index in [9.17, 15) is 0 Å². The molecule has 0 aliphatic carbocycles. The Bertz CT molecular complexity index is 462. The number of nitrogens with two attached hydrogens (primary N) is 1. The number of hydrogen-bond acceptors (Lipinski definition) is 3. The molecule has 0 unspecified atom stereocenters. The van der Waals surface area contributed by atoms with Crippen LogP contribution < -0.4 is 10.5 Å². The molecule has 1 heterocycles. The molecule has 1 aromatic carbocycles. The van der Waals surface area contributed by atoms with Crippen LogP contribution in [0.1, 0.15) is 11.8 Å². The molecular weight excluding hydrogens is 194 g/mol. The molecule has 0 amide bonds. The van der Waals surface area contributed by atoms with E-state index in [1.165, 1.54) is 15.0 Å². The van der Waals surface area contributed by atoms with Crippen molar-refractivity contribution in [3.8, 4) is 5.75 Å². The lowest BCUT2D eigenvalue weighted by molar-refractivity contribution is 0.420. The molecule has 0 saturated heterocycles. The monoisotopic (exact) mass is 207 g/mol. The normalized spacial score (nSPS) is 10.7. The molecule has 0 bridgehead atoms. The van der Waals surface area contributed by atoms with Gasteiger partial charge in [-0.15, -0.1) is 11.3 Å². The Labute approximate surface area is 87.3 Å². The van der Waals surface area contributed by atoms with Gasteiger partial charge < -0.3 is 10.5 Å². The molecule has 74 valence electrons. The summed E-state index contributed by atoms with van der Waals surface area (Å²) in [5.41, 5.74) is 6.54. The molecule has 14 heavy (non-hydrogen) atoms. The Kier molecular flexibility index (Phi) is 2.33. The summed E-state index contributed by atoms with van der Waals surface area (Å²) in [6, 6.07) is 6.05. The van der Waals surface area contributed by atoms with Crippen LogP contribution in [0.2, 0.25) is 0 Å². The molecule has 2 N–H and O–H groups in total. The Morgan fingerprint density at radius 3 is 2.79 bits per heavy atom. The first-order chi connectivity index (χ1) is 6.74. The van der Waals surface area contributed by atoms with E-state index in [-0.39, 0.29) is 0 Å². The van der Waals surface area contributed by atoms with Crippen LogP contribution in [-0.2, 0) is 6.42 Å². The largest absolute Gasteiger partial charge is 0.496 e. The highest BCUT2D eigenvalue weighted by molar-refractivity contribution is 7.19. The molecule has 1 aromatic heterocycles. The predicted molar refractivity (Wildman–Crippen MR) is 62.2 cm³/mol. The summed E-state index contributed by atoms with van der Waals surface area (Å²) in [7, 11) is 1.68. The van der Waals surface area contributed by atoms with Gasteiger partial charge in [0.15, 0.2) is 0 Å². The topological polar surface area (TPSA) is 35.2 Å². The maximum atomic E-state index is 5.78. The third-order valence-corrected chi connectivity index (χ3v) is 3.47. The van der Waals surface area contributed by atoms with Crippen molar-refractivity contribution in [2.75, 3.05) is 12.8 Å². The predicted octanol–water partition coefficient (Wildman–Crippen LogP) is 3.05. The number of aryl methyl sites for hydroxylation is 1. The van der Waals surface area contributed by atoms with Gasteiger partial charge in [-0.2, -0.15) is 0 Å². The van der Waals surface area contributed by atoms with E-state index >= 15 is 0 Å². The second-order valence-electron chi connectivity index (χ2n) is 3.20. The van der Waals surface area contributed by atoms with Crippen LogP contribution in [0.15, 0.2) is 18.2 Å². The van der Waals surface area contributed by atoms with Gasteiger partial charge in [-0.1, -0.05) is 6.92 Å². The third kappa shape index (κ3) is 1.44. The molecule has 0 radical (unpaired) electrons. The minimum absolute atomic E-state index is 0.763. The van der Waals surface area contributed by atoms with Gasteiger partial charge in [-0.25, -0.2) is 0 Å². The van der Waals surface area contributed by atoms with Crippen molar-refractivity contribution < 1.29 is 4.74 Å². The minimum atomic E-state index is 0.763. The van der Waals surface area contributed by atoms with E-state index in [4.69, 9.17) is 10.5 Å². The van der Waals surface area contributed by atoms with E-state index in [1.807, 2.05) is 12.1 Å². The lowest BCUT2D eigenvalue weighted by atomic mass is 10.2. The summed E-state index contributed by atoms with van der Waals surface area (Å²) in [6.45, 7) is 2.15. The molecular formula is C11H13NOS. The summed E-state index contributed by atoms with van der Waals surface area (Å²) in [4.78, 5) is 1.36. The van der Waals surface area contributed by atoms with Crippen LogP contribution in [0.4, 0.5) is 5.69 Å². The number of benzene rings is 1. The highest BCUT2D eigenvalue weighted by Crippen LogP contribution is 2.35. The van der Waals surface area contributed by atoms with Crippen molar-refractivity contribution in [1.82, 2.24) is 0 Å². The summed E-state index contributed by atoms with van der Waals surface area (Å²) in [5, 5.41) is 1.17. The molecule has 2 nitrogen and oxygen atoms in total. The maximum absolute atomic E-state index is 5.78. The number of anilines is 1. The van der Waals surface area contributed by atoms with Gasteiger partial charge in [0, 0.05) is 26.7 Å². The summed E-state index contributed by atoms with van der Waals surface area (Å²) >= 11 is 1.78. The SMILES string of the molecule is CCc1cc2c(OC)cc(N)cc2s1. The van der Waals surface area contributed by atoms with Gasteiger partial charge in [-0.05, 0) is 18.6 Å². The Morgan fingerprint density at radius 2 is 2.14 bits per heavy atom. The van der Waals surface area contributed by atoms with Gasteiger partial charge >= 0.3 is 0 Å². The zero-order valence-electron chi connectivity index (χ0n) is 8.33. The summed E-state index contributed by atoms with van der Waals surface area (Å²) < 4.78 is 6.50. The van der Waals surface area contributed by atoms with Crippen molar-refractivity contribution in [3.05, 3.63) is 23.1 Å². The van der Waals surface area contributed by atoms with E-state index in [2.05, 4.69) is 13.0 Å². The first kappa shape index (κ1) is 9.34. The van der Waals surface area contributed by atoms with Crippen molar-refractivity contribution >= 4 is 27.1 Å². The molecule has 2 aromatic rings. The number of hydrogen-bond donors (Lipinski definition) is 1. The van der Waals surface area contributed by atoms with Crippen molar-refractivity contribution in [2.24, 2.45) is 0 Å². The second-order valence-corrected chi connectivity index (χ2v) is 4.37. The first-order valence-corrected chi connectivity index (χ1v) is 5.42. The van der Waals surface area contributed by atoms with Crippen molar-refractivity contribution in [3.63, 3.8) is 0 Å². The fraction of sp³-hybridized carbons (Fsp3) is 0.273. The highest BCUT2D eigenvalue weighted by Gasteiger charge is 2.06. The molecule has 0 atom stereocenters. The number of thiophene rings is 1. The van der Waals surface area contributed by atoms with Gasteiger partial charge in [0.25, 0.3) is 0 Å². The van der Waals surface area contributed by atoms with E-state index in [1.54, 1.807) is 18.4 Å². The van der Waals surface area contributed by atoms with Crippen LogP contribution in [0.25, 0.3) is 10.1 Å². The lowest BCUT2D eigenvalue weighted by Crippen LogP contribution is -1.87. The van der Waals surface area contributed by atoms with Crippen molar-refractivity contribution in [2.45, 2.75) is 13.3 Å². The molecule has 0 aliphatic heterocycles. The second kappa shape index (κ2) is 3.50. The quantitative estimate of drug-likeness (QED) is 0.768. The number of methoxy groups -OCH3 is 1. The van der Waals surface area contributed by atoms with Crippen LogP contribution in [0.3, 0.4) is 0 Å². The molecule has 0 aliphatic rings. The zero-order chi connectivity index (χ0) is 10.1. The molecule has 3 heteroatoms. The number of ether oxygens (including phenoxy) is 1. The average molecular weight is 207 g/mol. The molecule has 0 spiro atoms. The Balaban J connectivity index is 2.71. The third-order valence-electron chi connectivity index (χ3n) is 2.24. The maximum Gasteiger partial charge on any atom is 0.129 e.